The van der Waals surface area contributed by atoms with Crippen molar-refractivity contribution in [3.05, 3.63) is 66.2 Å². The second kappa shape index (κ2) is 7.92. The standard InChI is InChI=1S/C22H25N3O2/c26-21-15-19(17-25(21)20-9-5-2-6-10-20)22(27)24-13-11-23(12-14-24)16-18-7-3-1-4-8-18/h1-10,19H,11-17H2/p+1/t19-/m1/s1. The zero-order valence-corrected chi connectivity index (χ0v) is 15.5. The Bertz CT molecular complexity index is 786. The number of hydrogen-bond donors (Lipinski definition) is 1. The van der Waals surface area contributed by atoms with Crippen LogP contribution in [0.1, 0.15) is 12.0 Å². The van der Waals surface area contributed by atoms with Crippen LogP contribution < -0.4 is 9.80 Å². The van der Waals surface area contributed by atoms with E-state index in [1.54, 1.807) is 4.90 Å². The van der Waals surface area contributed by atoms with Gasteiger partial charge in [-0.25, -0.2) is 0 Å². The quantitative estimate of drug-likeness (QED) is 0.879. The van der Waals surface area contributed by atoms with Gasteiger partial charge in [-0.15, -0.1) is 0 Å². The van der Waals surface area contributed by atoms with E-state index >= 15 is 0 Å². The van der Waals surface area contributed by atoms with Crippen molar-refractivity contribution in [2.75, 3.05) is 37.6 Å². The topological polar surface area (TPSA) is 45.1 Å². The fourth-order valence-electron chi connectivity index (χ4n) is 4.09. The van der Waals surface area contributed by atoms with Gasteiger partial charge in [-0.3, -0.25) is 9.59 Å². The van der Waals surface area contributed by atoms with Crippen LogP contribution in [0.5, 0.6) is 0 Å². The van der Waals surface area contributed by atoms with Gasteiger partial charge in [-0.1, -0.05) is 48.5 Å². The van der Waals surface area contributed by atoms with Crippen LogP contribution in [0.4, 0.5) is 5.69 Å². The smallest absolute Gasteiger partial charge is 0.228 e. The number of nitrogens with one attached hydrogen (secondary N) is 1. The van der Waals surface area contributed by atoms with E-state index in [9.17, 15) is 9.59 Å². The molecule has 0 aliphatic carbocycles. The molecule has 2 aliphatic heterocycles. The Morgan fingerprint density at radius 1 is 0.963 bits per heavy atom. The van der Waals surface area contributed by atoms with Crippen molar-refractivity contribution in [3.8, 4) is 0 Å². The average Bonchev–Trinajstić information content (AvgIpc) is 3.11. The molecule has 2 fully saturated rings. The molecule has 2 aromatic rings. The average molecular weight is 364 g/mol. The molecule has 2 heterocycles. The molecule has 1 atom stereocenters. The molecule has 0 aromatic heterocycles. The summed E-state index contributed by atoms with van der Waals surface area (Å²) in [6.45, 7) is 4.98. The summed E-state index contributed by atoms with van der Waals surface area (Å²) < 4.78 is 0. The summed E-state index contributed by atoms with van der Waals surface area (Å²) in [5.74, 6) is -0.0261. The number of nitrogens with zero attached hydrogens (tertiary/aromatic N) is 2. The number of amides is 2. The van der Waals surface area contributed by atoms with Gasteiger partial charge in [0.25, 0.3) is 0 Å². The van der Waals surface area contributed by atoms with Crippen LogP contribution in [0.15, 0.2) is 60.7 Å². The van der Waals surface area contributed by atoms with Gasteiger partial charge in [-0.2, -0.15) is 0 Å². The Morgan fingerprint density at radius 3 is 2.26 bits per heavy atom. The van der Waals surface area contributed by atoms with E-state index < -0.39 is 0 Å². The summed E-state index contributed by atoms with van der Waals surface area (Å²) in [7, 11) is 0. The maximum atomic E-state index is 12.9. The largest absolute Gasteiger partial charge is 0.331 e. The normalized spacial score (nSPS) is 20.9. The fourth-order valence-corrected chi connectivity index (χ4v) is 4.09. The molecule has 2 amide bonds. The van der Waals surface area contributed by atoms with Gasteiger partial charge in [0.1, 0.15) is 6.54 Å². The lowest BCUT2D eigenvalue weighted by Crippen LogP contribution is -3.13. The third-order valence-electron chi connectivity index (χ3n) is 5.62. The van der Waals surface area contributed by atoms with Gasteiger partial charge >= 0.3 is 0 Å². The highest BCUT2D eigenvalue weighted by molar-refractivity contribution is 6.00. The van der Waals surface area contributed by atoms with Crippen LogP contribution >= 0.6 is 0 Å². The van der Waals surface area contributed by atoms with Crippen molar-refractivity contribution in [1.82, 2.24) is 4.90 Å². The number of hydrogen-bond acceptors (Lipinski definition) is 2. The lowest BCUT2D eigenvalue weighted by molar-refractivity contribution is -0.917. The van der Waals surface area contributed by atoms with E-state index in [0.717, 1.165) is 38.4 Å². The summed E-state index contributed by atoms with van der Waals surface area (Å²) in [5, 5.41) is 0. The molecule has 2 aliphatic rings. The number of carbonyl (C=O) groups excluding carboxylic acids is 2. The molecule has 5 heteroatoms. The maximum Gasteiger partial charge on any atom is 0.228 e. The fraction of sp³-hybridized carbons (Fsp3) is 0.364. The highest BCUT2D eigenvalue weighted by Gasteiger charge is 2.38. The van der Waals surface area contributed by atoms with Crippen LogP contribution in [-0.4, -0.2) is 49.4 Å². The molecular weight excluding hydrogens is 338 g/mol. The van der Waals surface area contributed by atoms with Crippen molar-refractivity contribution < 1.29 is 14.5 Å². The Kier molecular flexibility index (Phi) is 5.21. The Labute approximate surface area is 160 Å². The minimum Gasteiger partial charge on any atom is -0.331 e. The Hall–Kier alpha value is -2.66. The van der Waals surface area contributed by atoms with Crippen molar-refractivity contribution in [1.29, 1.82) is 0 Å². The number of quaternary nitrogens is 1. The molecule has 2 saturated heterocycles. The highest BCUT2D eigenvalue weighted by atomic mass is 16.2. The molecule has 140 valence electrons. The predicted octanol–water partition coefficient (Wildman–Crippen LogP) is 0.967. The molecule has 0 unspecified atom stereocenters. The minimum absolute atomic E-state index is 0.0490. The first-order valence-corrected chi connectivity index (χ1v) is 9.72. The number of piperazine rings is 1. The summed E-state index contributed by atoms with van der Waals surface area (Å²) in [5.41, 5.74) is 2.22. The predicted molar refractivity (Wildman–Crippen MR) is 104 cm³/mol. The number of rotatable bonds is 4. The lowest BCUT2D eigenvalue weighted by atomic mass is 10.1. The highest BCUT2D eigenvalue weighted by Crippen LogP contribution is 2.26. The van der Waals surface area contributed by atoms with E-state index in [0.29, 0.717) is 13.0 Å². The first-order chi connectivity index (χ1) is 13.2. The van der Waals surface area contributed by atoms with Crippen LogP contribution in [0.25, 0.3) is 0 Å². The Morgan fingerprint density at radius 2 is 1.59 bits per heavy atom. The summed E-state index contributed by atoms with van der Waals surface area (Å²) in [4.78, 5) is 30.5. The third kappa shape index (κ3) is 4.03. The van der Waals surface area contributed by atoms with Crippen LogP contribution in [0, 0.1) is 5.92 Å². The van der Waals surface area contributed by atoms with Gasteiger partial charge in [-0.05, 0) is 12.1 Å². The molecule has 2 aromatic carbocycles. The molecule has 0 spiro atoms. The molecule has 0 bridgehead atoms. The van der Waals surface area contributed by atoms with Gasteiger partial charge in [0.15, 0.2) is 0 Å². The molecule has 27 heavy (non-hydrogen) atoms. The molecule has 5 nitrogen and oxygen atoms in total. The molecule has 4 rings (SSSR count). The number of carbonyl (C=O) groups is 2. The first-order valence-electron chi connectivity index (χ1n) is 9.72. The van der Waals surface area contributed by atoms with Gasteiger partial charge < -0.3 is 14.7 Å². The summed E-state index contributed by atoms with van der Waals surface area (Å²) in [6.07, 6.45) is 0.324. The van der Waals surface area contributed by atoms with Gasteiger partial charge in [0.05, 0.1) is 32.1 Å². The second-order valence-electron chi connectivity index (χ2n) is 7.48. The monoisotopic (exact) mass is 364 g/mol. The zero-order chi connectivity index (χ0) is 18.6. The van der Waals surface area contributed by atoms with Crippen LogP contribution in [0.3, 0.4) is 0 Å². The minimum atomic E-state index is -0.214. The second-order valence-corrected chi connectivity index (χ2v) is 7.48. The lowest BCUT2D eigenvalue weighted by Gasteiger charge is -2.33. The third-order valence-corrected chi connectivity index (χ3v) is 5.62. The van der Waals surface area contributed by atoms with E-state index in [2.05, 4.69) is 24.3 Å². The van der Waals surface area contributed by atoms with Crippen molar-refractivity contribution >= 4 is 17.5 Å². The van der Waals surface area contributed by atoms with Crippen molar-refractivity contribution in [2.24, 2.45) is 5.92 Å². The van der Waals surface area contributed by atoms with Gasteiger partial charge in [0, 0.05) is 24.2 Å². The van der Waals surface area contributed by atoms with Crippen molar-refractivity contribution in [3.63, 3.8) is 0 Å². The number of benzene rings is 2. The maximum absolute atomic E-state index is 12.9. The van der Waals surface area contributed by atoms with Crippen molar-refractivity contribution in [2.45, 2.75) is 13.0 Å². The SMILES string of the molecule is O=C([C@@H]1CC(=O)N(c2ccccc2)C1)N1CC[NH+](Cc2ccccc2)CC1. The summed E-state index contributed by atoms with van der Waals surface area (Å²) in [6, 6.07) is 20.1. The molecule has 0 saturated carbocycles. The van der Waals surface area contributed by atoms with E-state index in [4.69, 9.17) is 0 Å². The van der Waals surface area contributed by atoms with Crippen LogP contribution in [-0.2, 0) is 16.1 Å². The first kappa shape index (κ1) is 17.7. The number of anilines is 1. The Balaban J connectivity index is 1.31. The molecule has 1 N–H and O–H groups in total. The number of para-hydroxylation sites is 1. The van der Waals surface area contributed by atoms with Crippen LogP contribution in [0.2, 0.25) is 0 Å². The van der Waals surface area contributed by atoms with E-state index in [-0.39, 0.29) is 17.7 Å². The summed E-state index contributed by atoms with van der Waals surface area (Å²) >= 11 is 0. The van der Waals surface area contributed by atoms with Gasteiger partial charge in [0.2, 0.25) is 11.8 Å². The van der Waals surface area contributed by atoms with E-state index in [1.165, 1.54) is 10.5 Å². The zero-order valence-electron chi connectivity index (χ0n) is 15.5. The molecular formula is C22H26N3O2+. The molecule has 0 radical (unpaired) electrons. The van der Waals surface area contributed by atoms with E-state index in [1.807, 2.05) is 41.3 Å².